The summed E-state index contributed by atoms with van der Waals surface area (Å²) in [6, 6.07) is 3.06. The van der Waals surface area contributed by atoms with E-state index in [0.717, 1.165) is 0 Å². The largest absolute Gasteiger partial charge is 0.618 e. The molecule has 1 amide bonds. The molecule has 0 saturated heterocycles. The molecule has 0 aliphatic carbocycles. The van der Waals surface area contributed by atoms with E-state index >= 15 is 0 Å². The number of carbonyl (C=O) groups excluding carboxylic acids is 1. The highest BCUT2D eigenvalue weighted by molar-refractivity contribution is 7.80. The number of carbonyl (C=O) groups is 1. The Morgan fingerprint density at radius 3 is 2.62 bits per heavy atom. The van der Waals surface area contributed by atoms with Gasteiger partial charge in [0.25, 0.3) is 5.91 Å². The Kier molecular flexibility index (Phi) is 2.77. The van der Waals surface area contributed by atoms with Crippen molar-refractivity contribution in [2.45, 2.75) is 5.03 Å². The molecule has 0 unspecified atom stereocenters. The molecule has 1 aromatic rings. The third-order valence-electron chi connectivity index (χ3n) is 1.55. The van der Waals surface area contributed by atoms with Crippen molar-refractivity contribution in [1.29, 1.82) is 0 Å². The van der Waals surface area contributed by atoms with E-state index in [2.05, 4.69) is 12.6 Å². The summed E-state index contributed by atoms with van der Waals surface area (Å²) in [4.78, 5) is 12.8. The van der Waals surface area contributed by atoms with Crippen LogP contribution >= 0.6 is 12.6 Å². The van der Waals surface area contributed by atoms with Gasteiger partial charge in [-0.2, -0.15) is 4.73 Å². The van der Waals surface area contributed by atoms with E-state index in [0.29, 0.717) is 10.3 Å². The second kappa shape index (κ2) is 3.66. The maximum Gasteiger partial charge on any atom is 0.259 e. The van der Waals surface area contributed by atoms with Gasteiger partial charge in [-0.25, -0.2) is 0 Å². The van der Waals surface area contributed by atoms with Crippen molar-refractivity contribution in [2.75, 3.05) is 14.1 Å². The number of nitrogens with zero attached hydrogens (tertiary/aromatic N) is 2. The molecule has 1 rings (SSSR count). The first kappa shape index (κ1) is 9.85. The highest BCUT2D eigenvalue weighted by Gasteiger charge is 2.11. The molecule has 0 fully saturated rings. The highest BCUT2D eigenvalue weighted by Crippen LogP contribution is 2.03. The lowest BCUT2D eigenvalue weighted by atomic mass is 10.2. The lowest BCUT2D eigenvalue weighted by molar-refractivity contribution is -0.645. The van der Waals surface area contributed by atoms with Gasteiger partial charge in [0, 0.05) is 20.2 Å². The number of hydrogen-bond donors (Lipinski definition) is 1. The molecule has 1 heterocycles. The van der Waals surface area contributed by atoms with Gasteiger partial charge >= 0.3 is 0 Å². The predicted octanol–water partition coefficient (Wildman–Crippen LogP) is 0.311. The van der Waals surface area contributed by atoms with Crippen LogP contribution in [0.2, 0.25) is 0 Å². The fourth-order valence-electron chi connectivity index (χ4n) is 0.858. The summed E-state index contributed by atoms with van der Waals surface area (Å²) >= 11 is 3.89. The van der Waals surface area contributed by atoms with Crippen LogP contribution in [-0.4, -0.2) is 24.9 Å². The third-order valence-corrected chi connectivity index (χ3v) is 1.89. The standard InChI is InChI=1S/C8H10N2O2S/c1-9(2)8(11)6-3-4-7(13)10(12)5-6/h3-5,13H,1-2H3. The first-order valence-corrected chi connectivity index (χ1v) is 4.11. The van der Waals surface area contributed by atoms with Crippen molar-refractivity contribution in [3.63, 3.8) is 0 Å². The Hall–Kier alpha value is -1.23. The van der Waals surface area contributed by atoms with Gasteiger partial charge < -0.3 is 10.1 Å². The van der Waals surface area contributed by atoms with Crippen LogP contribution in [0.4, 0.5) is 0 Å². The number of amides is 1. The first-order chi connectivity index (χ1) is 6.02. The van der Waals surface area contributed by atoms with E-state index in [1.807, 2.05) is 0 Å². The number of rotatable bonds is 1. The van der Waals surface area contributed by atoms with E-state index in [1.165, 1.54) is 17.2 Å². The molecule has 0 aliphatic heterocycles. The van der Waals surface area contributed by atoms with Gasteiger partial charge in [0.2, 0.25) is 5.03 Å². The van der Waals surface area contributed by atoms with Crippen molar-refractivity contribution in [3.05, 3.63) is 29.1 Å². The molecule has 70 valence electrons. The van der Waals surface area contributed by atoms with E-state index in [-0.39, 0.29) is 10.9 Å². The minimum absolute atomic E-state index is 0.196. The molecule has 13 heavy (non-hydrogen) atoms. The van der Waals surface area contributed by atoms with Gasteiger partial charge in [-0.15, -0.1) is 0 Å². The smallest absolute Gasteiger partial charge is 0.259 e. The molecule has 0 atom stereocenters. The molecule has 1 aromatic heterocycles. The number of aromatic nitrogens is 1. The number of pyridine rings is 1. The molecule has 0 aliphatic rings. The normalized spacial score (nSPS) is 9.77. The molecule has 0 spiro atoms. The molecule has 0 bridgehead atoms. The van der Waals surface area contributed by atoms with E-state index in [1.54, 1.807) is 20.2 Å². The molecule has 0 aromatic carbocycles. The molecular weight excluding hydrogens is 188 g/mol. The monoisotopic (exact) mass is 198 g/mol. The van der Waals surface area contributed by atoms with Crippen molar-refractivity contribution >= 4 is 18.5 Å². The summed E-state index contributed by atoms with van der Waals surface area (Å²) in [5.41, 5.74) is 0.359. The lowest BCUT2D eigenvalue weighted by Crippen LogP contribution is -2.31. The molecule has 0 saturated carbocycles. The number of hydrogen-bond acceptors (Lipinski definition) is 3. The summed E-state index contributed by atoms with van der Waals surface area (Å²) in [5.74, 6) is -0.196. The van der Waals surface area contributed by atoms with Crippen LogP contribution in [0.3, 0.4) is 0 Å². The van der Waals surface area contributed by atoms with Gasteiger partial charge in [0.1, 0.15) is 5.56 Å². The van der Waals surface area contributed by atoms with Gasteiger partial charge in [-0.05, 0) is 6.07 Å². The van der Waals surface area contributed by atoms with E-state index in [9.17, 15) is 10.0 Å². The van der Waals surface area contributed by atoms with Crippen LogP contribution in [0.5, 0.6) is 0 Å². The summed E-state index contributed by atoms with van der Waals surface area (Å²) in [6.45, 7) is 0. The molecule has 5 heteroatoms. The molecule has 0 radical (unpaired) electrons. The maximum atomic E-state index is 11.4. The number of thiol groups is 1. The van der Waals surface area contributed by atoms with Gasteiger partial charge in [-0.1, -0.05) is 12.6 Å². The second-order valence-electron chi connectivity index (χ2n) is 2.80. The van der Waals surface area contributed by atoms with Gasteiger partial charge in [0.15, 0.2) is 6.20 Å². The van der Waals surface area contributed by atoms with Crippen molar-refractivity contribution in [3.8, 4) is 0 Å². The van der Waals surface area contributed by atoms with Crippen LogP contribution in [0.15, 0.2) is 23.4 Å². The second-order valence-corrected chi connectivity index (χ2v) is 3.26. The molecule has 4 nitrogen and oxygen atoms in total. The van der Waals surface area contributed by atoms with Crippen molar-refractivity contribution in [2.24, 2.45) is 0 Å². The average Bonchev–Trinajstić information content (AvgIpc) is 2.08. The zero-order valence-electron chi connectivity index (χ0n) is 7.39. The van der Waals surface area contributed by atoms with Crippen LogP contribution in [-0.2, 0) is 0 Å². The SMILES string of the molecule is CN(C)C(=O)c1ccc(S)[n+]([O-])c1. The predicted molar refractivity (Wildman–Crippen MR) is 50.7 cm³/mol. The van der Waals surface area contributed by atoms with Crippen LogP contribution in [0.1, 0.15) is 10.4 Å². The third kappa shape index (κ3) is 2.12. The summed E-state index contributed by atoms with van der Waals surface area (Å²) in [7, 11) is 3.26. The van der Waals surface area contributed by atoms with Crippen LogP contribution < -0.4 is 4.73 Å². The van der Waals surface area contributed by atoms with Crippen LogP contribution in [0, 0.1) is 5.21 Å². The van der Waals surface area contributed by atoms with E-state index in [4.69, 9.17) is 0 Å². The van der Waals surface area contributed by atoms with Gasteiger partial charge in [-0.3, -0.25) is 4.79 Å². The fraction of sp³-hybridized carbons (Fsp3) is 0.250. The maximum absolute atomic E-state index is 11.4. The van der Waals surface area contributed by atoms with Crippen LogP contribution in [0.25, 0.3) is 0 Å². The summed E-state index contributed by atoms with van der Waals surface area (Å²) < 4.78 is 0.555. The Balaban J connectivity index is 3.04. The minimum atomic E-state index is -0.196. The summed E-state index contributed by atoms with van der Waals surface area (Å²) in [6.07, 6.45) is 1.21. The topological polar surface area (TPSA) is 47.2 Å². The highest BCUT2D eigenvalue weighted by atomic mass is 32.1. The quantitative estimate of drug-likeness (QED) is 0.401. The fourth-order valence-corrected chi connectivity index (χ4v) is 0.990. The Morgan fingerprint density at radius 2 is 2.15 bits per heavy atom. The molecular formula is C8H10N2O2S. The Bertz CT molecular complexity index is 339. The Morgan fingerprint density at radius 1 is 1.54 bits per heavy atom. The molecule has 0 N–H and O–H groups in total. The van der Waals surface area contributed by atoms with Gasteiger partial charge in [0.05, 0.1) is 0 Å². The summed E-state index contributed by atoms with van der Waals surface area (Å²) in [5, 5.41) is 11.3. The lowest BCUT2D eigenvalue weighted by Gasteiger charge is -2.09. The minimum Gasteiger partial charge on any atom is -0.618 e. The average molecular weight is 198 g/mol. The van der Waals surface area contributed by atoms with Crippen molar-refractivity contribution in [1.82, 2.24) is 4.90 Å². The zero-order valence-corrected chi connectivity index (χ0v) is 8.28. The first-order valence-electron chi connectivity index (χ1n) is 3.66. The van der Waals surface area contributed by atoms with E-state index < -0.39 is 0 Å². The zero-order chi connectivity index (χ0) is 10.0. The Labute approximate surface area is 81.8 Å². The van der Waals surface area contributed by atoms with Crippen molar-refractivity contribution < 1.29 is 9.52 Å².